The van der Waals surface area contributed by atoms with Gasteiger partial charge in [-0.3, -0.25) is 9.59 Å². The zero-order chi connectivity index (χ0) is 18.4. The van der Waals surface area contributed by atoms with Crippen molar-refractivity contribution >= 4 is 17.6 Å². The lowest BCUT2D eigenvalue weighted by molar-refractivity contribution is -0.131. The molecule has 0 bridgehead atoms. The molecule has 2 amide bonds. The molecule has 1 aromatic rings. The molecule has 25 heavy (non-hydrogen) atoms. The monoisotopic (exact) mass is 345 g/mol. The van der Waals surface area contributed by atoms with Crippen LogP contribution in [-0.2, 0) is 9.59 Å². The smallest absolute Gasteiger partial charge is 0.248 e. The van der Waals surface area contributed by atoms with E-state index < -0.39 is 6.04 Å². The lowest BCUT2D eigenvalue weighted by atomic mass is 9.82. The van der Waals surface area contributed by atoms with Crippen LogP contribution < -0.4 is 10.6 Å². The number of nitrogens with zero attached hydrogens (tertiary/aromatic N) is 1. The third-order valence-corrected chi connectivity index (χ3v) is 5.32. The zero-order valence-corrected chi connectivity index (χ0v) is 15.8. The molecule has 0 aliphatic heterocycles. The van der Waals surface area contributed by atoms with Crippen LogP contribution in [0.1, 0.15) is 58.6 Å². The van der Waals surface area contributed by atoms with E-state index >= 15 is 0 Å². The Hall–Kier alpha value is -1.91. The number of aryl methyl sites for hydroxylation is 1. The molecule has 138 valence electrons. The van der Waals surface area contributed by atoms with Gasteiger partial charge in [0.15, 0.2) is 0 Å². The third-order valence-electron chi connectivity index (χ3n) is 5.32. The lowest BCUT2D eigenvalue weighted by Gasteiger charge is -2.29. The molecule has 5 heteroatoms. The van der Waals surface area contributed by atoms with Crippen LogP contribution in [0.2, 0.25) is 0 Å². The first-order valence-electron chi connectivity index (χ1n) is 9.45. The summed E-state index contributed by atoms with van der Waals surface area (Å²) >= 11 is 0. The van der Waals surface area contributed by atoms with Gasteiger partial charge in [-0.25, -0.2) is 4.98 Å². The fraction of sp³-hybridized carbons (Fsp3) is 0.650. The molecular formula is C20H31N3O2. The fourth-order valence-corrected chi connectivity index (χ4v) is 3.31. The predicted octanol–water partition coefficient (Wildman–Crippen LogP) is 3.69. The van der Waals surface area contributed by atoms with Crippen LogP contribution >= 0.6 is 0 Å². The molecule has 1 aromatic heterocycles. The standard InChI is InChI=1S/C20H31N3O2/c1-5-14(3)18(20(25)22-17-8-6-7-15(4)21-17)23-19(24)16-11-9-13(2)10-12-16/h6-8,13-14,16,18H,5,9-12H2,1-4H3,(H,23,24)(H,21,22,25)/t13?,14-,16?,18-/m0/s1. The van der Waals surface area contributed by atoms with Crippen molar-refractivity contribution in [3.8, 4) is 0 Å². The van der Waals surface area contributed by atoms with Crippen molar-refractivity contribution in [1.29, 1.82) is 0 Å². The number of aromatic nitrogens is 1. The van der Waals surface area contributed by atoms with Gasteiger partial charge < -0.3 is 10.6 Å². The number of rotatable bonds is 6. The summed E-state index contributed by atoms with van der Waals surface area (Å²) in [7, 11) is 0. The molecule has 2 N–H and O–H groups in total. The average Bonchev–Trinajstić information content (AvgIpc) is 2.59. The summed E-state index contributed by atoms with van der Waals surface area (Å²) in [5.41, 5.74) is 0.846. The molecule has 0 aromatic carbocycles. The van der Waals surface area contributed by atoms with Crippen molar-refractivity contribution in [3.05, 3.63) is 23.9 Å². The molecule has 5 nitrogen and oxygen atoms in total. The molecule has 0 spiro atoms. The first-order chi connectivity index (χ1) is 11.9. The van der Waals surface area contributed by atoms with Crippen molar-refractivity contribution in [2.24, 2.45) is 17.8 Å². The van der Waals surface area contributed by atoms with E-state index in [-0.39, 0.29) is 23.7 Å². The molecule has 1 aliphatic carbocycles. The second-order valence-corrected chi connectivity index (χ2v) is 7.48. The normalized spacial score (nSPS) is 22.7. The average molecular weight is 345 g/mol. The molecule has 2 atom stereocenters. The number of hydrogen-bond donors (Lipinski definition) is 2. The van der Waals surface area contributed by atoms with Gasteiger partial charge in [-0.2, -0.15) is 0 Å². The minimum absolute atomic E-state index is 0.0181. The maximum absolute atomic E-state index is 12.7. The highest BCUT2D eigenvalue weighted by Crippen LogP contribution is 2.28. The Morgan fingerprint density at radius 2 is 1.92 bits per heavy atom. The summed E-state index contributed by atoms with van der Waals surface area (Å²) in [6.07, 6.45) is 4.83. The van der Waals surface area contributed by atoms with Gasteiger partial charge >= 0.3 is 0 Å². The van der Waals surface area contributed by atoms with E-state index in [9.17, 15) is 9.59 Å². The van der Waals surface area contributed by atoms with E-state index in [1.807, 2.05) is 32.9 Å². The minimum atomic E-state index is -0.529. The Bertz CT molecular complexity index is 594. The summed E-state index contributed by atoms with van der Waals surface area (Å²) in [5.74, 6) is 1.16. The first kappa shape index (κ1) is 19.4. The summed E-state index contributed by atoms with van der Waals surface area (Å²) in [6, 6.07) is 4.98. The quantitative estimate of drug-likeness (QED) is 0.826. The molecule has 2 rings (SSSR count). The maximum atomic E-state index is 12.7. The fourth-order valence-electron chi connectivity index (χ4n) is 3.31. The predicted molar refractivity (Wildman–Crippen MR) is 100 cm³/mol. The number of carbonyl (C=O) groups excluding carboxylic acids is 2. The van der Waals surface area contributed by atoms with E-state index in [1.165, 1.54) is 0 Å². The maximum Gasteiger partial charge on any atom is 0.248 e. The zero-order valence-electron chi connectivity index (χ0n) is 15.8. The van der Waals surface area contributed by atoms with E-state index in [2.05, 4.69) is 22.5 Å². The molecule has 1 fully saturated rings. The van der Waals surface area contributed by atoms with E-state index in [4.69, 9.17) is 0 Å². The van der Waals surface area contributed by atoms with Crippen LogP contribution in [0.15, 0.2) is 18.2 Å². The third kappa shape index (κ3) is 5.55. The van der Waals surface area contributed by atoms with Crippen LogP contribution in [0.5, 0.6) is 0 Å². The van der Waals surface area contributed by atoms with Crippen molar-refractivity contribution in [3.63, 3.8) is 0 Å². The Labute approximate surface area is 151 Å². The summed E-state index contributed by atoms with van der Waals surface area (Å²) in [5, 5.41) is 5.86. The number of pyridine rings is 1. The van der Waals surface area contributed by atoms with Crippen LogP contribution in [0.4, 0.5) is 5.82 Å². The molecule has 0 radical (unpaired) electrons. The van der Waals surface area contributed by atoms with Crippen molar-refractivity contribution in [1.82, 2.24) is 10.3 Å². The first-order valence-corrected chi connectivity index (χ1v) is 9.45. The number of nitrogens with one attached hydrogen (secondary N) is 2. The summed E-state index contributed by atoms with van der Waals surface area (Å²) in [4.78, 5) is 29.7. The second-order valence-electron chi connectivity index (χ2n) is 7.48. The topological polar surface area (TPSA) is 71.1 Å². The van der Waals surface area contributed by atoms with Crippen LogP contribution in [0.25, 0.3) is 0 Å². The van der Waals surface area contributed by atoms with Crippen LogP contribution in [-0.4, -0.2) is 22.8 Å². The molecule has 0 saturated heterocycles. The summed E-state index contributed by atoms with van der Waals surface area (Å²) in [6.45, 7) is 8.15. The van der Waals surface area contributed by atoms with Gasteiger partial charge in [-0.15, -0.1) is 0 Å². The van der Waals surface area contributed by atoms with E-state index in [0.717, 1.165) is 37.8 Å². The van der Waals surface area contributed by atoms with Crippen molar-refractivity contribution in [2.75, 3.05) is 5.32 Å². The van der Waals surface area contributed by atoms with Gasteiger partial charge in [0.2, 0.25) is 11.8 Å². The Kier molecular flexibility index (Phi) is 6.97. The summed E-state index contributed by atoms with van der Waals surface area (Å²) < 4.78 is 0. The van der Waals surface area contributed by atoms with Crippen LogP contribution in [0, 0.1) is 24.7 Å². The molecule has 0 unspecified atom stereocenters. The van der Waals surface area contributed by atoms with Gasteiger partial charge in [0.05, 0.1) is 0 Å². The lowest BCUT2D eigenvalue weighted by Crippen LogP contribution is -2.50. The van der Waals surface area contributed by atoms with Gasteiger partial charge in [0.25, 0.3) is 0 Å². The molecule has 1 heterocycles. The van der Waals surface area contributed by atoms with Crippen LogP contribution in [0.3, 0.4) is 0 Å². The van der Waals surface area contributed by atoms with Gasteiger partial charge in [0, 0.05) is 11.6 Å². The van der Waals surface area contributed by atoms with E-state index in [0.29, 0.717) is 11.7 Å². The largest absolute Gasteiger partial charge is 0.344 e. The van der Waals surface area contributed by atoms with Gasteiger partial charge in [-0.1, -0.05) is 33.3 Å². The highest BCUT2D eigenvalue weighted by molar-refractivity contribution is 5.97. The number of amides is 2. The van der Waals surface area contributed by atoms with E-state index in [1.54, 1.807) is 6.07 Å². The SMILES string of the molecule is CC[C@H](C)[C@H](NC(=O)C1CCC(C)CC1)C(=O)Nc1cccc(C)n1. The Morgan fingerprint density at radius 1 is 1.24 bits per heavy atom. The Morgan fingerprint density at radius 3 is 2.52 bits per heavy atom. The van der Waals surface area contributed by atoms with Crippen molar-refractivity contribution < 1.29 is 9.59 Å². The molecule has 1 aliphatic rings. The highest BCUT2D eigenvalue weighted by Gasteiger charge is 2.30. The Balaban J connectivity index is 2.02. The number of hydrogen-bond acceptors (Lipinski definition) is 3. The molecular weight excluding hydrogens is 314 g/mol. The number of anilines is 1. The molecule has 1 saturated carbocycles. The second kappa shape index (κ2) is 8.97. The highest BCUT2D eigenvalue weighted by atomic mass is 16.2. The number of carbonyl (C=O) groups is 2. The van der Waals surface area contributed by atoms with Crippen molar-refractivity contribution in [2.45, 2.75) is 65.8 Å². The minimum Gasteiger partial charge on any atom is -0.344 e. The van der Waals surface area contributed by atoms with Gasteiger partial charge in [0.1, 0.15) is 11.9 Å². The van der Waals surface area contributed by atoms with Gasteiger partial charge in [-0.05, 0) is 56.6 Å².